The van der Waals surface area contributed by atoms with Crippen molar-refractivity contribution in [2.45, 2.75) is 71.9 Å². The van der Waals surface area contributed by atoms with Crippen LogP contribution in [0.4, 0.5) is 0 Å². The van der Waals surface area contributed by atoms with E-state index in [9.17, 15) is 0 Å². The average Bonchev–Trinajstić information content (AvgIpc) is 3.10. The minimum absolute atomic E-state index is 0. The Morgan fingerprint density at radius 3 is 2.78 bits per heavy atom. The van der Waals surface area contributed by atoms with E-state index in [0.717, 1.165) is 63.4 Å². The molecule has 0 spiro atoms. The number of nitrogens with zero attached hydrogens (tertiary/aromatic N) is 4. The van der Waals surface area contributed by atoms with Crippen LogP contribution in [-0.2, 0) is 17.7 Å². The number of aryl methyl sites for hydroxylation is 1. The number of nitrogens with one attached hydrogen (secondary N) is 2. The Balaban J connectivity index is 0.00000364. The van der Waals surface area contributed by atoms with E-state index in [1.54, 1.807) is 6.33 Å². The topological polar surface area (TPSA) is 76.4 Å². The molecule has 2 N–H and O–H groups in total. The Bertz CT molecular complexity index is 528. The Morgan fingerprint density at radius 1 is 1.30 bits per heavy atom. The molecule has 8 heteroatoms. The molecule has 0 aliphatic heterocycles. The monoisotopic (exact) mass is 492 g/mol. The van der Waals surface area contributed by atoms with Gasteiger partial charge >= 0.3 is 0 Å². The van der Waals surface area contributed by atoms with E-state index < -0.39 is 0 Å². The molecular weight excluding hydrogens is 455 g/mol. The van der Waals surface area contributed by atoms with Crippen molar-refractivity contribution in [1.82, 2.24) is 25.4 Å². The third-order valence-corrected chi connectivity index (χ3v) is 4.93. The summed E-state index contributed by atoms with van der Waals surface area (Å²) in [5, 5.41) is 15.2. The molecule has 1 heterocycles. The molecule has 0 amide bonds. The maximum absolute atomic E-state index is 5.41. The van der Waals surface area contributed by atoms with Crippen LogP contribution in [0.15, 0.2) is 11.3 Å². The maximum Gasteiger partial charge on any atom is 0.191 e. The molecule has 0 saturated heterocycles. The van der Waals surface area contributed by atoms with E-state index in [-0.39, 0.29) is 24.0 Å². The molecular formula is C19H37IN6O. The fraction of sp³-hybridized carbons (Fsp3) is 0.842. The van der Waals surface area contributed by atoms with Crippen LogP contribution < -0.4 is 10.6 Å². The lowest BCUT2D eigenvalue weighted by molar-refractivity contribution is 0.146. The average molecular weight is 492 g/mol. The summed E-state index contributed by atoms with van der Waals surface area (Å²) in [7, 11) is 0. The Labute approximate surface area is 181 Å². The second-order valence-electron chi connectivity index (χ2n) is 7.10. The molecule has 1 aliphatic carbocycles. The molecule has 7 nitrogen and oxygen atoms in total. The number of hydrogen-bond donors (Lipinski definition) is 2. The number of aromatic nitrogens is 3. The van der Waals surface area contributed by atoms with Gasteiger partial charge < -0.3 is 19.9 Å². The van der Waals surface area contributed by atoms with Crippen molar-refractivity contribution in [3.8, 4) is 0 Å². The van der Waals surface area contributed by atoms with Crippen molar-refractivity contribution in [3.05, 3.63) is 12.2 Å². The molecule has 0 bridgehead atoms. The first-order valence-corrected chi connectivity index (χ1v) is 10.2. The zero-order chi connectivity index (χ0) is 18.6. The van der Waals surface area contributed by atoms with Crippen molar-refractivity contribution in [2.24, 2.45) is 10.9 Å². The van der Waals surface area contributed by atoms with Gasteiger partial charge in [-0.3, -0.25) is 4.99 Å². The molecule has 0 radical (unpaired) electrons. The van der Waals surface area contributed by atoms with Crippen LogP contribution in [0.1, 0.15) is 58.7 Å². The first kappa shape index (κ1) is 24.1. The van der Waals surface area contributed by atoms with Crippen molar-refractivity contribution in [1.29, 1.82) is 0 Å². The fourth-order valence-electron chi connectivity index (χ4n) is 3.29. The smallest absolute Gasteiger partial charge is 0.191 e. The number of hydrogen-bond acceptors (Lipinski definition) is 4. The lowest BCUT2D eigenvalue weighted by Crippen LogP contribution is -2.45. The molecule has 1 saturated carbocycles. The number of guanidine groups is 1. The second-order valence-corrected chi connectivity index (χ2v) is 7.10. The van der Waals surface area contributed by atoms with Crippen LogP contribution in [0.5, 0.6) is 0 Å². The van der Waals surface area contributed by atoms with Crippen molar-refractivity contribution in [2.75, 3.05) is 26.3 Å². The van der Waals surface area contributed by atoms with Crippen molar-refractivity contribution in [3.63, 3.8) is 0 Å². The third-order valence-electron chi connectivity index (χ3n) is 4.93. The zero-order valence-corrected chi connectivity index (χ0v) is 19.4. The van der Waals surface area contributed by atoms with Crippen LogP contribution in [-0.4, -0.2) is 53.1 Å². The van der Waals surface area contributed by atoms with Gasteiger partial charge in [-0.2, -0.15) is 0 Å². The molecule has 27 heavy (non-hydrogen) atoms. The normalized spacial score (nSPS) is 20.2. The SMILES string of the molecule is CCOCCCN=C(NCCn1cnnc1CC)NC1CCC(C)CC1.I. The summed E-state index contributed by atoms with van der Waals surface area (Å²) < 4.78 is 7.50. The van der Waals surface area contributed by atoms with E-state index in [1.165, 1.54) is 25.7 Å². The van der Waals surface area contributed by atoms with E-state index in [2.05, 4.69) is 39.2 Å². The van der Waals surface area contributed by atoms with Gasteiger partial charge in [0, 0.05) is 45.3 Å². The van der Waals surface area contributed by atoms with Gasteiger partial charge in [0.25, 0.3) is 0 Å². The Morgan fingerprint density at radius 2 is 2.07 bits per heavy atom. The molecule has 0 unspecified atom stereocenters. The van der Waals surface area contributed by atoms with E-state index >= 15 is 0 Å². The summed E-state index contributed by atoms with van der Waals surface area (Å²) in [5.74, 6) is 2.80. The summed E-state index contributed by atoms with van der Waals surface area (Å²) in [6, 6.07) is 0.533. The molecule has 0 aromatic carbocycles. The van der Waals surface area contributed by atoms with Gasteiger partial charge in [0.2, 0.25) is 0 Å². The highest BCUT2D eigenvalue weighted by Crippen LogP contribution is 2.23. The fourth-order valence-corrected chi connectivity index (χ4v) is 3.29. The minimum atomic E-state index is 0. The molecule has 1 aromatic heterocycles. The molecule has 1 fully saturated rings. The summed E-state index contributed by atoms with van der Waals surface area (Å²) in [6.07, 6.45) is 8.71. The van der Waals surface area contributed by atoms with Crippen LogP contribution in [0.2, 0.25) is 0 Å². The molecule has 156 valence electrons. The van der Waals surface area contributed by atoms with Gasteiger partial charge in [-0.15, -0.1) is 34.2 Å². The number of aliphatic imine (C=N–C) groups is 1. The number of rotatable bonds is 10. The van der Waals surface area contributed by atoms with Gasteiger partial charge in [-0.25, -0.2) is 0 Å². The Kier molecular flexibility index (Phi) is 12.6. The second kappa shape index (κ2) is 14.1. The van der Waals surface area contributed by atoms with Crippen LogP contribution >= 0.6 is 24.0 Å². The van der Waals surface area contributed by atoms with Crippen LogP contribution in [0.25, 0.3) is 0 Å². The summed E-state index contributed by atoms with van der Waals surface area (Å²) >= 11 is 0. The first-order valence-electron chi connectivity index (χ1n) is 10.2. The number of halogens is 1. The summed E-state index contributed by atoms with van der Waals surface area (Å²) in [4.78, 5) is 4.74. The largest absolute Gasteiger partial charge is 0.382 e. The van der Waals surface area contributed by atoms with Gasteiger partial charge in [0.05, 0.1) is 0 Å². The number of ether oxygens (including phenoxy) is 1. The zero-order valence-electron chi connectivity index (χ0n) is 17.1. The predicted octanol–water partition coefficient (Wildman–Crippen LogP) is 3.00. The Hall–Kier alpha value is -0.900. The van der Waals surface area contributed by atoms with Gasteiger partial charge in [-0.05, 0) is 44.9 Å². The molecule has 1 aliphatic rings. The first-order chi connectivity index (χ1) is 12.7. The van der Waals surface area contributed by atoms with Crippen LogP contribution in [0, 0.1) is 5.92 Å². The molecule has 0 atom stereocenters. The predicted molar refractivity (Wildman–Crippen MR) is 121 cm³/mol. The summed E-state index contributed by atoms with van der Waals surface area (Å²) in [6.45, 7) is 10.5. The van der Waals surface area contributed by atoms with Gasteiger partial charge in [0.15, 0.2) is 5.96 Å². The van der Waals surface area contributed by atoms with Crippen molar-refractivity contribution >= 4 is 29.9 Å². The van der Waals surface area contributed by atoms with E-state index in [4.69, 9.17) is 9.73 Å². The van der Waals surface area contributed by atoms with Gasteiger partial charge in [-0.1, -0.05) is 13.8 Å². The highest BCUT2D eigenvalue weighted by atomic mass is 127. The molecule has 2 rings (SSSR count). The third kappa shape index (κ3) is 9.23. The lowest BCUT2D eigenvalue weighted by atomic mass is 9.87. The maximum atomic E-state index is 5.41. The standard InChI is InChI=1S/C19H36N6O.HI/c1-4-18-24-22-15-25(18)13-12-21-19(20-11-6-14-26-5-2)23-17-9-7-16(3)8-10-17;/h15-17H,4-14H2,1-3H3,(H2,20,21,23);1H. The van der Waals surface area contributed by atoms with Crippen LogP contribution in [0.3, 0.4) is 0 Å². The van der Waals surface area contributed by atoms with E-state index in [1.807, 2.05) is 6.92 Å². The van der Waals surface area contributed by atoms with Crippen molar-refractivity contribution < 1.29 is 4.74 Å². The summed E-state index contributed by atoms with van der Waals surface area (Å²) in [5.41, 5.74) is 0. The van der Waals surface area contributed by atoms with E-state index in [0.29, 0.717) is 6.04 Å². The molecule has 1 aromatic rings. The highest BCUT2D eigenvalue weighted by molar-refractivity contribution is 14.0. The van der Waals surface area contributed by atoms with Gasteiger partial charge in [0.1, 0.15) is 12.2 Å². The lowest BCUT2D eigenvalue weighted by Gasteiger charge is -2.28. The highest BCUT2D eigenvalue weighted by Gasteiger charge is 2.18. The quantitative estimate of drug-likeness (QED) is 0.227. The minimum Gasteiger partial charge on any atom is -0.382 e.